The van der Waals surface area contributed by atoms with E-state index in [1.165, 1.54) is 0 Å². The Bertz CT molecular complexity index is 302. The lowest BCUT2D eigenvalue weighted by Gasteiger charge is -2.02. The summed E-state index contributed by atoms with van der Waals surface area (Å²) in [5.74, 6) is -0.840. The van der Waals surface area contributed by atoms with Crippen LogP contribution in [-0.2, 0) is 13.0 Å². The Labute approximate surface area is 78.0 Å². The van der Waals surface area contributed by atoms with E-state index in [4.69, 9.17) is 5.11 Å². The predicted octanol–water partition coefficient (Wildman–Crippen LogP) is 2.16. The van der Waals surface area contributed by atoms with Crippen molar-refractivity contribution in [2.24, 2.45) is 0 Å². The number of carboxylic acids is 1. The summed E-state index contributed by atoms with van der Waals surface area (Å²) in [6.45, 7) is 4.84. The molecule has 0 bridgehead atoms. The molecular weight excluding hydrogens is 166 g/mol. The molecule has 1 heterocycles. The molecule has 13 heavy (non-hydrogen) atoms. The second-order valence-corrected chi connectivity index (χ2v) is 3.09. The van der Waals surface area contributed by atoms with Gasteiger partial charge in [0.05, 0.1) is 0 Å². The Hall–Kier alpha value is -1.25. The fourth-order valence-electron chi connectivity index (χ4n) is 1.37. The first-order valence-electron chi connectivity index (χ1n) is 4.61. The number of carbonyl (C=O) groups is 1. The van der Waals surface area contributed by atoms with Gasteiger partial charge in [-0.2, -0.15) is 0 Å². The summed E-state index contributed by atoms with van der Waals surface area (Å²) in [5.41, 5.74) is 1.49. The number of aromatic carboxylic acids is 1. The third kappa shape index (κ3) is 2.11. The Morgan fingerprint density at radius 3 is 2.69 bits per heavy atom. The van der Waals surface area contributed by atoms with Crippen molar-refractivity contribution in [3.63, 3.8) is 0 Å². The van der Waals surface area contributed by atoms with E-state index in [1.807, 2.05) is 20.0 Å². The molecule has 0 aliphatic rings. The number of aromatic nitrogens is 1. The number of rotatable bonds is 4. The highest BCUT2D eigenvalue weighted by atomic mass is 16.4. The summed E-state index contributed by atoms with van der Waals surface area (Å²) < 4.78 is 1.81. The lowest BCUT2D eigenvalue weighted by molar-refractivity contribution is 0.0685. The van der Waals surface area contributed by atoms with Crippen molar-refractivity contribution in [3.8, 4) is 0 Å². The third-order valence-electron chi connectivity index (χ3n) is 2.05. The zero-order valence-electron chi connectivity index (χ0n) is 8.08. The first-order valence-corrected chi connectivity index (χ1v) is 4.61. The van der Waals surface area contributed by atoms with Crippen LogP contribution in [0.1, 0.15) is 36.3 Å². The highest BCUT2D eigenvalue weighted by molar-refractivity contribution is 5.86. The number of hydrogen-bond acceptors (Lipinski definition) is 1. The summed E-state index contributed by atoms with van der Waals surface area (Å²) in [4.78, 5) is 10.8. The van der Waals surface area contributed by atoms with Crippen LogP contribution in [0.5, 0.6) is 0 Å². The molecule has 0 saturated carbocycles. The molecule has 0 fully saturated rings. The third-order valence-corrected chi connectivity index (χ3v) is 2.05. The molecule has 1 rings (SSSR count). The zero-order valence-corrected chi connectivity index (χ0v) is 8.08. The highest BCUT2D eigenvalue weighted by Crippen LogP contribution is 2.10. The molecule has 0 saturated heterocycles. The molecule has 3 nitrogen and oxygen atoms in total. The zero-order chi connectivity index (χ0) is 9.84. The van der Waals surface area contributed by atoms with Gasteiger partial charge in [-0.15, -0.1) is 0 Å². The van der Waals surface area contributed by atoms with Gasteiger partial charge in [-0.3, -0.25) is 0 Å². The molecular formula is C10H15NO2. The average molecular weight is 181 g/mol. The number of carboxylic acid groups (broad SMARTS) is 1. The van der Waals surface area contributed by atoms with E-state index in [-0.39, 0.29) is 0 Å². The van der Waals surface area contributed by atoms with Gasteiger partial charge in [-0.05, 0) is 24.5 Å². The van der Waals surface area contributed by atoms with Gasteiger partial charge >= 0.3 is 5.97 Å². The van der Waals surface area contributed by atoms with Gasteiger partial charge in [0.15, 0.2) is 0 Å². The van der Waals surface area contributed by atoms with Crippen LogP contribution in [-0.4, -0.2) is 15.6 Å². The van der Waals surface area contributed by atoms with Crippen LogP contribution in [0.3, 0.4) is 0 Å². The monoisotopic (exact) mass is 181 g/mol. The molecule has 0 aromatic carbocycles. The van der Waals surface area contributed by atoms with E-state index < -0.39 is 5.97 Å². The van der Waals surface area contributed by atoms with E-state index in [0.29, 0.717) is 5.69 Å². The second-order valence-electron chi connectivity index (χ2n) is 3.09. The predicted molar refractivity (Wildman–Crippen MR) is 51.1 cm³/mol. The van der Waals surface area contributed by atoms with Crippen LogP contribution in [0.2, 0.25) is 0 Å². The van der Waals surface area contributed by atoms with Crippen molar-refractivity contribution in [2.45, 2.75) is 33.2 Å². The lowest BCUT2D eigenvalue weighted by Crippen LogP contribution is -2.06. The lowest BCUT2D eigenvalue weighted by atomic mass is 10.2. The van der Waals surface area contributed by atoms with Gasteiger partial charge in [-0.1, -0.05) is 13.8 Å². The topological polar surface area (TPSA) is 42.2 Å². The van der Waals surface area contributed by atoms with Gasteiger partial charge in [0.2, 0.25) is 0 Å². The maximum Gasteiger partial charge on any atom is 0.352 e. The standard InChI is InChI=1S/C10H15NO2/c1-3-5-11-7-8(4-2)6-9(11)10(12)13/h6-7H,3-5H2,1-2H3,(H,12,13). The number of hydrogen-bond donors (Lipinski definition) is 1. The van der Waals surface area contributed by atoms with Crippen LogP contribution in [0.25, 0.3) is 0 Å². The minimum atomic E-state index is -0.840. The van der Waals surface area contributed by atoms with Gasteiger partial charge in [0.25, 0.3) is 0 Å². The summed E-state index contributed by atoms with van der Waals surface area (Å²) >= 11 is 0. The van der Waals surface area contributed by atoms with Crippen molar-refractivity contribution in [1.29, 1.82) is 0 Å². The van der Waals surface area contributed by atoms with E-state index >= 15 is 0 Å². The summed E-state index contributed by atoms with van der Waals surface area (Å²) in [5, 5.41) is 8.88. The molecule has 0 aliphatic carbocycles. The van der Waals surface area contributed by atoms with Gasteiger partial charge < -0.3 is 9.67 Å². The van der Waals surface area contributed by atoms with Crippen LogP contribution in [0.4, 0.5) is 0 Å². The maximum absolute atomic E-state index is 10.8. The minimum Gasteiger partial charge on any atom is -0.477 e. The second kappa shape index (κ2) is 4.12. The molecule has 0 unspecified atom stereocenters. The van der Waals surface area contributed by atoms with Gasteiger partial charge in [0, 0.05) is 12.7 Å². The summed E-state index contributed by atoms with van der Waals surface area (Å²) in [6.07, 6.45) is 3.77. The molecule has 1 aromatic rings. The molecule has 1 aromatic heterocycles. The van der Waals surface area contributed by atoms with E-state index in [1.54, 1.807) is 10.6 Å². The van der Waals surface area contributed by atoms with Crippen molar-refractivity contribution in [3.05, 3.63) is 23.5 Å². The number of nitrogens with zero attached hydrogens (tertiary/aromatic N) is 1. The molecule has 0 spiro atoms. The quantitative estimate of drug-likeness (QED) is 0.773. The van der Waals surface area contributed by atoms with E-state index in [2.05, 4.69) is 0 Å². The Kier molecular flexibility index (Phi) is 3.12. The Balaban J connectivity index is 3.00. The normalized spacial score (nSPS) is 10.3. The van der Waals surface area contributed by atoms with Gasteiger partial charge in [-0.25, -0.2) is 4.79 Å². The molecule has 1 N–H and O–H groups in total. The van der Waals surface area contributed by atoms with Crippen LogP contribution < -0.4 is 0 Å². The van der Waals surface area contributed by atoms with Crippen molar-refractivity contribution in [1.82, 2.24) is 4.57 Å². The van der Waals surface area contributed by atoms with Crippen molar-refractivity contribution in [2.75, 3.05) is 0 Å². The average Bonchev–Trinajstić information content (AvgIpc) is 2.48. The molecule has 0 radical (unpaired) electrons. The fraction of sp³-hybridized carbons (Fsp3) is 0.500. The van der Waals surface area contributed by atoms with Crippen molar-refractivity contribution >= 4 is 5.97 Å². The highest BCUT2D eigenvalue weighted by Gasteiger charge is 2.10. The Morgan fingerprint density at radius 2 is 2.23 bits per heavy atom. The Morgan fingerprint density at radius 1 is 1.54 bits per heavy atom. The molecule has 0 amide bonds. The SMILES string of the molecule is CCCn1cc(CC)cc1C(=O)O. The minimum absolute atomic E-state index is 0.402. The number of aryl methyl sites for hydroxylation is 2. The first kappa shape index (κ1) is 9.84. The maximum atomic E-state index is 10.8. The summed E-state index contributed by atoms with van der Waals surface area (Å²) in [6, 6.07) is 1.75. The van der Waals surface area contributed by atoms with Crippen LogP contribution in [0.15, 0.2) is 12.3 Å². The van der Waals surface area contributed by atoms with E-state index in [0.717, 1.165) is 24.9 Å². The first-order chi connectivity index (χ1) is 6.19. The molecule has 72 valence electrons. The fourth-order valence-corrected chi connectivity index (χ4v) is 1.37. The van der Waals surface area contributed by atoms with Crippen LogP contribution >= 0.6 is 0 Å². The summed E-state index contributed by atoms with van der Waals surface area (Å²) in [7, 11) is 0. The van der Waals surface area contributed by atoms with Crippen LogP contribution in [0, 0.1) is 0 Å². The molecule has 0 aliphatic heterocycles. The van der Waals surface area contributed by atoms with E-state index in [9.17, 15) is 4.79 Å². The largest absolute Gasteiger partial charge is 0.477 e. The molecule has 3 heteroatoms. The van der Waals surface area contributed by atoms with Gasteiger partial charge in [0.1, 0.15) is 5.69 Å². The molecule has 0 atom stereocenters. The smallest absolute Gasteiger partial charge is 0.352 e. The van der Waals surface area contributed by atoms with Crippen molar-refractivity contribution < 1.29 is 9.90 Å².